The van der Waals surface area contributed by atoms with E-state index in [4.69, 9.17) is 0 Å². The first-order chi connectivity index (χ1) is 14.3. The summed E-state index contributed by atoms with van der Waals surface area (Å²) < 4.78 is 0. The van der Waals surface area contributed by atoms with E-state index in [-0.39, 0.29) is 0 Å². The quantitative estimate of drug-likeness (QED) is 0.585. The van der Waals surface area contributed by atoms with Gasteiger partial charge in [-0.15, -0.1) is 0 Å². The van der Waals surface area contributed by atoms with Crippen LogP contribution < -0.4 is 15.5 Å². The standard InChI is InChI=1S/C24H29N5/c1-19-18-23(25-15-14-20-8-4-2-5-9-20)28-24(26-19)27-21-10-12-22(13-11-21)29-16-6-3-7-17-29/h2,4-5,8-13,18H,3,6-7,14-17H2,1H3,(H2,25,26,27,28). The largest absolute Gasteiger partial charge is 0.372 e. The normalized spacial score (nSPS) is 13.9. The number of nitrogens with zero attached hydrogens (tertiary/aromatic N) is 3. The first-order valence-electron chi connectivity index (χ1n) is 10.5. The Morgan fingerprint density at radius 1 is 0.897 bits per heavy atom. The van der Waals surface area contributed by atoms with Gasteiger partial charge in [0.05, 0.1) is 0 Å². The number of aromatic nitrogens is 2. The number of anilines is 4. The van der Waals surface area contributed by atoms with Gasteiger partial charge in [0.1, 0.15) is 5.82 Å². The molecule has 1 saturated heterocycles. The molecule has 1 aromatic heterocycles. The molecule has 0 spiro atoms. The summed E-state index contributed by atoms with van der Waals surface area (Å²) in [5, 5.41) is 6.76. The Hall–Kier alpha value is -3.08. The lowest BCUT2D eigenvalue weighted by molar-refractivity contribution is 0.578. The van der Waals surface area contributed by atoms with Crippen molar-refractivity contribution in [2.75, 3.05) is 35.2 Å². The molecule has 0 atom stereocenters. The maximum absolute atomic E-state index is 4.63. The van der Waals surface area contributed by atoms with Crippen molar-refractivity contribution in [1.29, 1.82) is 0 Å². The summed E-state index contributed by atoms with van der Waals surface area (Å²) in [4.78, 5) is 11.6. The molecule has 0 unspecified atom stereocenters. The molecule has 3 aromatic rings. The molecule has 1 aliphatic rings. The average molecular weight is 388 g/mol. The van der Waals surface area contributed by atoms with Crippen molar-refractivity contribution in [3.8, 4) is 0 Å². The third-order valence-electron chi connectivity index (χ3n) is 5.26. The van der Waals surface area contributed by atoms with E-state index in [0.717, 1.165) is 43.3 Å². The first kappa shape index (κ1) is 19.2. The minimum absolute atomic E-state index is 0.623. The molecule has 5 heteroatoms. The Bertz CT molecular complexity index is 902. The van der Waals surface area contributed by atoms with E-state index < -0.39 is 0 Å². The minimum atomic E-state index is 0.623. The van der Waals surface area contributed by atoms with E-state index in [9.17, 15) is 0 Å². The van der Waals surface area contributed by atoms with Gasteiger partial charge in [0, 0.05) is 42.8 Å². The highest BCUT2D eigenvalue weighted by Gasteiger charge is 2.11. The van der Waals surface area contributed by atoms with Gasteiger partial charge in [-0.05, 0) is 62.4 Å². The van der Waals surface area contributed by atoms with Crippen LogP contribution in [0.3, 0.4) is 0 Å². The number of rotatable bonds is 7. The van der Waals surface area contributed by atoms with Crippen molar-refractivity contribution >= 4 is 23.1 Å². The molecule has 0 radical (unpaired) electrons. The summed E-state index contributed by atoms with van der Waals surface area (Å²) in [5.41, 5.74) is 4.56. The Kier molecular flexibility index (Phi) is 6.25. The molecule has 1 aliphatic heterocycles. The highest BCUT2D eigenvalue weighted by atomic mass is 15.1. The zero-order valence-electron chi connectivity index (χ0n) is 17.1. The fourth-order valence-corrected chi connectivity index (χ4v) is 3.73. The van der Waals surface area contributed by atoms with Crippen LogP contribution in [0.1, 0.15) is 30.5 Å². The molecule has 29 heavy (non-hydrogen) atoms. The van der Waals surface area contributed by atoms with Gasteiger partial charge < -0.3 is 15.5 Å². The number of aryl methyl sites for hydroxylation is 1. The van der Waals surface area contributed by atoms with Crippen LogP contribution >= 0.6 is 0 Å². The summed E-state index contributed by atoms with van der Waals surface area (Å²) in [6, 6.07) is 21.0. The summed E-state index contributed by atoms with van der Waals surface area (Å²) in [6.07, 6.45) is 4.89. The fraction of sp³-hybridized carbons (Fsp3) is 0.333. The van der Waals surface area contributed by atoms with E-state index >= 15 is 0 Å². The lowest BCUT2D eigenvalue weighted by Gasteiger charge is -2.28. The predicted molar refractivity (Wildman–Crippen MR) is 121 cm³/mol. The summed E-state index contributed by atoms with van der Waals surface area (Å²) in [7, 11) is 0. The van der Waals surface area contributed by atoms with Gasteiger partial charge >= 0.3 is 0 Å². The van der Waals surface area contributed by atoms with Crippen LogP contribution in [0, 0.1) is 6.92 Å². The number of piperidine rings is 1. The second-order valence-electron chi connectivity index (χ2n) is 7.60. The lowest BCUT2D eigenvalue weighted by atomic mass is 10.1. The van der Waals surface area contributed by atoms with Crippen LogP contribution in [0.5, 0.6) is 0 Å². The molecule has 2 heterocycles. The SMILES string of the molecule is Cc1cc(NCCc2ccccc2)nc(Nc2ccc(N3CCCCC3)cc2)n1. The van der Waals surface area contributed by atoms with Gasteiger partial charge in [-0.1, -0.05) is 30.3 Å². The van der Waals surface area contributed by atoms with E-state index in [2.05, 4.69) is 74.0 Å². The van der Waals surface area contributed by atoms with Crippen molar-refractivity contribution in [2.45, 2.75) is 32.6 Å². The van der Waals surface area contributed by atoms with Crippen molar-refractivity contribution in [3.05, 3.63) is 71.9 Å². The van der Waals surface area contributed by atoms with Crippen LogP contribution in [0.4, 0.5) is 23.1 Å². The topological polar surface area (TPSA) is 53.1 Å². The highest BCUT2D eigenvalue weighted by molar-refractivity contribution is 5.60. The van der Waals surface area contributed by atoms with Gasteiger partial charge in [-0.25, -0.2) is 4.98 Å². The monoisotopic (exact) mass is 387 g/mol. The van der Waals surface area contributed by atoms with Crippen molar-refractivity contribution < 1.29 is 0 Å². The zero-order chi connectivity index (χ0) is 19.9. The summed E-state index contributed by atoms with van der Waals surface area (Å²) in [5.74, 6) is 1.47. The Morgan fingerprint density at radius 3 is 2.41 bits per heavy atom. The van der Waals surface area contributed by atoms with Crippen molar-refractivity contribution in [3.63, 3.8) is 0 Å². The molecular formula is C24H29N5. The van der Waals surface area contributed by atoms with Gasteiger partial charge in [0.25, 0.3) is 0 Å². The molecule has 0 bridgehead atoms. The molecule has 2 aromatic carbocycles. The van der Waals surface area contributed by atoms with Crippen LogP contribution in [0.25, 0.3) is 0 Å². The maximum Gasteiger partial charge on any atom is 0.229 e. The Labute approximate surface area is 173 Å². The van der Waals surface area contributed by atoms with E-state index in [1.165, 1.54) is 30.5 Å². The van der Waals surface area contributed by atoms with Crippen LogP contribution in [-0.2, 0) is 6.42 Å². The van der Waals surface area contributed by atoms with Gasteiger partial charge in [0.2, 0.25) is 5.95 Å². The Balaban J connectivity index is 1.37. The molecule has 1 fully saturated rings. The zero-order valence-corrected chi connectivity index (χ0v) is 17.1. The first-order valence-corrected chi connectivity index (χ1v) is 10.5. The van der Waals surface area contributed by atoms with Crippen molar-refractivity contribution in [2.24, 2.45) is 0 Å². The maximum atomic E-state index is 4.63. The fourth-order valence-electron chi connectivity index (χ4n) is 3.73. The minimum Gasteiger partial charge on any atom is -0.372 e. The van der Waals surface area contributed by atoms with Gasteiger partial charge in [-0.3, -0.25) is 0 Å². The average Bonchev–Trinajstić information content (AvgIpc) is 2.75. The van der Waals surface area contributed by atoms with E-state index in [1.54, 1.807) is 0 Å². The number of hydrogen-bond donors (Lipinski definition) is 2. The molecule has 4 rings (SSSR count). The summed E-state index contributed by atoms with van der Waals surface area (Å²) >= 11 is 0. The molecular weight excluding hydrogens is 358 g/mol. The second kappa shape index (κ2) is 9.41. The number of benzene rings is 2. The predicted octanol–water partition coefficient (Wildman–Crippen LogP) is 5.17. The second-order valence-corrected chi connectivity index (χ2v) is 7.60. The molecule has 2 N–H and O–H groups in total. The van der Waals surface area contributed by atoms with Crippen LogP contribution in [0.2, 0.25) is 0 Å². The third kappa shape index (κ3) is 5.47. The molecule has 0 aliphatic carbocycles. The molecule has 0 saturated carbocycles. The number of nitrogens with one attached hydrogen (secondary N) is 2. The van der Waals surface area contributed by atoms with Crippen LogP contribution in [-0.4, -0.2) is 29.6 Å². The van der Waals surface area contributed by atoms with Crippen LogP contribution in [0.15, 0.2) is 60.7 Å². The number of hydrogen-bond acceptors (Lipinski definition) is 5. The molecule has 5 nitrogen and oxygen atoms in total. The van der Waals surface area contributed by atoms with Gasteiger partial charge in [0.15, 0.2) is 0 Å². The van der Waals surface area contributed by atoms with E-state index in [1.807, 2.05) is 19.1 Å². The highest BCUT2D eigenvalue weighted by Crippen LogP contribution is 2.23. The molecule has 150 valence electrons. The lowest BCUT2D eigenvalue weighted by Crippen LogP contribution is -2.29. The summed E-state index contributed by atoms with van der Waals surface area (Å²) in [6.45, 7) is 5.15. The smallest absolute Gasteiger partial charge is 0.229 e. The molecule has 0 amide bonds. The van der Waals surface area contributed by atoms with E-state index in [0.29, 0.717) is 5.95 Å². The third-order valence-corrected chi connectivity index (χ3v) is 5.26. The van der Waals surface area contributed by atoms with Crippen molar-refractivity contribution in [1.82, 2.24) is 9.97 Å². The Morgan fingerprint density at radius 2 is 1.66 bits per heavy atom. The van der Waals surface area contributed by atoms with Gasteiger partial charge in [-0.2, -0.15) is 4.98 Å².